The molecule has 0 aliphatic carbocycles. The highest BCUT2D eigenvalue weighted by Gasteiger charge is 2.22. The Balaban J connectivity index is 1.83. The van der Waals surface area contributed by atoms with Gasteiger partial charge in [0.2, 0.25) is 0 Å². The van der Waals surface area contributed by atoms with Crippen LogP contribution in [-0.4, -0.2) is 9.91 Å². The quantitative estimate of drug-likeness (QED) is 0.168. The van der Waals surface area contributed by atoms with Crippen molar-refractivity contribution >= 4 is 16.5 Å². The maximum atomic E-state index is 11.7. The summed E-state index contributed by atoms with van der Waals surface area (Å²) in [5, 5.41) is 14.0. The third kappa shape index (κ3) is 5.78. The molecule has 4 nitrogen and oxygen atoms in total. The van der Waals surface area contributed by atoms with Crippen LogP contribution in [-0.2, 0) is 10.8 Å². The van der Waals surface area contributed by atoms with E-state index in [2.05, 4.69) is 115 Å². The number of hydrogen-bond donors (Lipinski definition) is 0. The molecule has 5 rings (SSSR count). The molecule has 0 atom stereocenters. The first kappa shape index (κ1) is 28.2. The summed E-state index contributed by atoms with van der Waals surface area (Å²) in [5.74, 6) is 0. The number of non-ortho nitro benzene ring substituents is 1. The van der Waals surface area contributed by atoms with Crippen LogP contribution in [0.15, 0.2) is 84.9 Å². The fraction of sp³-hybridized carbons (Fsp3) is 0.270. The first-order valence-electron chi connectivity index (χ1n) is 14.1. The van der Waals surface area contributed by atoms with Crippen molar-refractivity contribution in [3.05, 3.63) is 117 Å². The number of aryl methyl sites for hydroxylation is 2. The molecule has 208 valence electrons. The molecule has 0 fully saturated rings. The molecule has 0 N–H and O–H groups in total. The molecule has 0 aliphatic rings. The summed E-state index contributed by atoms with van der Waals surface area (Å²) in [6, 6.07) is 28.9. The lowest BCUT2D eigenvalue weighted by Crippen LogP contribution is -2.16. The van der Waals surface area contributed by atoms with E-state index in [9.17, 15) is 10.1 Å². The van der Waals surface area contributed by atoms with E-state index in [1.54, 1.807) is 18.2 Å². The van der Waals surface area contributed by atoms with Gasteiger partial charge in [0.15, 0.2) is 0 Å². The molecule has 0 spiro atoms. The lowest BCUT2D eigenvalue weighted by Gasteiger charge is -2.26. The van der Waals surface area contributed by atoms with Crippen LogP contribution in [0.5, 0.6) is 0 Å². The smallest absolute Gasteiger partial charge is 0.258 e. The minimum atomic E-state index is -0.344. The maximum absolute atomic E-state index is 11.7. The number of hydrogen-bond acceptors (Lipinski definition) is 3. The number of pyridine rings is 1. The number of rotatable bonds is 4. The molecular weight excluding hydrogens is 504 g/mol. The third-order valence-electron chi connectivity index (χ3n) is 7.90. The Morgan fingerprint density at radius 3 is 1.66 bits per heavy atom. The second-order valence-corrected chi connectivity index (χ2v) is 13.2. The van der Waals surface area contributed by atoms with Gasteiger partial charge in [-0.2, -0.15) is 0 Å². The van der Waals surface area contributed by atoms with Gasteiger partial charge >= 0.3 is 0 Å². The van der Waals surface area contributed by atoms with Gasteiger partial charge in [0.05, 0.1) is 16.3 Å². The van der Waals surface area contributed by atoms with Crippen LogP contribution in [0, 0.1) is 24.0 Å². The first-order valence-corrected chi connectivity index (χ1v) is 14.1. The summed E-state index contributed by atoms with van der Waals surface area (Å²) in [4.78, 5) is 16.5. The SMILES string of the molecule is Cc1ccc([N+](=O)[O-])cc1-c1cc(-c2cc(C(C)(C)C)cc(C(C)(C)C)c2)cc(-c2cc3ccccc3cc2C)n1. The van der Waals surface area contributed by atoms with Gasteiger partial charge in [0.1, 0.15) is 0 Å². The molecule has 0 saturated carbocycles. The Morgan fingerprint density at radius 1 is 0.610 bits per heavy atom. The van der Waals surface area contributed by atoms with Crippen LogP contribution in [0.1, 0.15) is 63.8 Å². The molecule has 4 heteroatoms. The summed E-state index contributed by atoms with van der Waals surface area (Å²) >= 11 is 0. The van der Waals surface area contributed by atoms with E-state index in [0.29, 0.717) is 0 Å². The van der Waals surface area contributed by atoms with Crippen LogP contribution in [0.25, 0.3) is 44.4 Å². The largest absolute Gasteiger partial charge is 0.270 e. The lowest BCUT2D eigenvalue weighted by molar-refractivity contribution is -0.384. The third-order valence-corrected chi connectivity index (χ3v) is 7.90. The molecule has 0 unspecified atom stereocenters. The van der Waals surface area contributed by atoms with Crippen molar-refractivity contribution < 1.29 is 4.92 Å². The minimum absolute atomic E-state index is 0.0275. The monoisotopic (exact) mass is 542 g/mol. The predicted molar refractivity (Wildman–Crippen MR) is 172 cm³/mol. The van der Waals surface area contributed by atoms with E-state index >= 15 is 0 Å². The van der Waals surface area contributed by atoms with Crippen molar-refractivity contribution in [3.8, 4) is 33.6 Å². The Morgan fingerprint density at radius 2 is 1.12 bits per heavy atom. The maximum Gasteiger partial charge on any atom is 0.270 e. The van der Waals surface area contributed by atoms with Gasteiger partial charge in [-0.05, 0) is 87.0 Å². The topological polar surface area (TPSA) is 56.0 Å². The number of nitrogens with zero attached hydrogens (tertiary/aromatic N) is 2. The minimum Gasteiger partial charge on any atom is -0.258 e. The van der Waals surface area contributed by atoms with E-state index in [4.69, 9.17) is 4.98 Å². The highest BCUT2D eigenvalue weighted by molar-refractivity contribution is 5.89. The molecule has 0 bridgehead atoms. The van der Waals surface area contributed by atoms with Crippen molar-refractivity contribution in [3.63, 3.8) is 0 Å². The Kier molecular flexibility index (Phi) is 7.07. The zero-order valence-electron chi connectivity index (χ0n) is 25.3. The van der Waals surface area contributed by atoms with Gasteiger partial charge < -0.3 is 0 Å². The van der Waals surface area contributed by atoms with Crippen molar-refractivity contribution in [2.75, 3.05) is 0 Å². The normalized spacial score (nSPS) is 12.1. The standard InChI is InChI=1S/C37H38N2O2/c1-23-13-14-31(39(40)41)22-33(23)35-20-28(27-16-29(36(3,4)5)21-30(17-27)37(6,7)8)19-34(38-35)32-18-26-12-10-9-11-25(26)15-24(32)2/h9-22H,1-8H3. The van der Waals surface area contributed by atoms with Gasteiger partial charge in [0.25, 0.3) is 5.69 Å². The van der Waals surface area contributed by atoms with E-state index in [1.807, 2.05) is 6.92 Å². The summed E-state index contributed by atoms with van der Waals surface area (Å²) in [6.07, 6.45) is 0. The molecule has 0 aliphatic heterocycles. The number of nitro groups is 1. The zero-order chi connectivity index (χ0) is 29.7. The van der Waals surface area contributed by atoms with Crippen LogP contribution in [0.4, 0.5) is 5.69 Å². The lowest BCUT2D eigenvalue weighted by atomic mass is 9.79. The van der Waals surface area contributed by atoms with Gasteiger partial charge in [-0.1, -0.05) is 96.1 Å². The summed E-state index contributed by atoms with van der Waals surface area (Å²) in [7, 11) is 0. The molecule has 0 saturated heterocycles. The molecule has 4 aromatic carbocycles. The average molecular weight is 543 g/mol. The predicted octanol–water partition coefficient (Wildman–Crippen LogP) is 10.4. The van der Waals surface area contributed by atoms with Gasteiger partial charge in [0, 0.05) is 23.3 Å². The second-order valence-electron chi connectivity index (χ2n) is 13.2. The molecule has 5 aromatic rings. The van der Waals surface area contributed by atoms with E-state index < -0.39 is 0 Å². The van der Waals surface area contributed by atoms with E-state index in [0.717, 1.165) is 50.2 Å². The number of nitro benzene ring substituents is 1. The number of benzene rings is 4. The Labute approximate surface area is 243 Å². The number of aromatic nitrogens is 1. The van der Waals surface area contributed by atoms with E-state index in [-0.39, 0.29) is 21.4 Å². The second kappa shape index (κ2) is 10.3. The van der Waals surface area contributed by atoms with Crippen molar-refractivity contribution in [2.24, 2.45) is 0 Å². The van der Waals surface area contributed by atoms with Crippen LogP contribution in [0.3, 0.4) is 0 Å². The molecule has 41 heavy (non-hydrogen) atoms. The number of fused-ring (bicyclic) bond motifs is 1. The van der Waals surface area contributed by atoms with Gasteiger partial charge in [-0.3, -0.25) is 10.1 Å². The van der Waals surface area contributed by atoms with Crippen molar-refractivity contribution in [2.45, 2.75) is 66.2 Å². The highest BCUT2D eigenvalue weighted by Crippen LogP contribution is 2.38. The average Bonchev–Trinajstić information content (AvgIpc) is 2.91. The molecule has 1 aromatic heterocycles. The van der Waals surface area contributed by atoms with Gasteiger partial charge in [-0.15, -0.1) is 0 Å². The van der Waals surface area contributed by atoms with Crippen LogP contribution >= 0.6 is 0 Å². The Bertz CT molecular complexity index is 1770. The van der Waals surface area contributed by atoms with Crippen LogP contribution < -0.4 is 0 Å². The van der Waals surface area contributed by atoms with Gasteiger partial charge in [-0.25, -0.2) is 4.98 Å². The summed E-state index contributed by atoms with van der Waals surface area (Å²) in [5.41, 5.74) is 10.2. The van der Waals surface area contributed by atoms with Crippen molar-refractivity contribution in [1.82, 2.24) is 4.98 Å². The molecule has 1 heterocycles. The molecular formula is C37H38N2O2. The highest BCUT2D eigenvalue weighted by atomic mass is 16.6. The fourth-order valence-corrected chi connectivity index (χ4v) is 5.26. The first-order chi connectivity index (χ1) is 19.2. The molecule has 0 radical (unpaired) electrons. The van der Waals surface area contributed by atoms with Crippen molar-refractivity contribution in [1.29, 1.82) is 0 Å². The summed E-state index contributed by atoms with van der Waals surface area (Å²) in [6.45, 7) is 17.6. The molecule has 0 amide bonds. The Hall–Kier alpha value is -4.31. The summed E-state index contributed by atoms with van der Waals surface area (Å²) < 4.78 is 0. The fourth-order valence-electron chi connectivity index (χ4n) is 5.26. The van der Waals surface area contributed by atoms with E-state index in [1.165, 1.54) is 16.5 Å². The zero-order valence-corrected chi connectivity index (χ0v) is 25.3. The van der Waals surface area contributed by atoms with Crippen LogP contribution in [0.2, 0.25) is 0 Å².